The van der Waals surface area contributed by atoms with Crippen molar-refractivity contribution in [2.75, 3.05) is 31.5 Å². The molecule has 2 heterocycles. The van der Waals surface area contributed by atoms with Gasteiger partial charge in [-0.3, -0.25) is 4.79 Å². The summed E-state index contributed by atoms with van der Waals surface area (Å²) in [6.45, 7) is 3.43. The number of likely N-dealkylation sites (tertiary alicyclic amines) is 1. The molecule has 0 aliphatic carbocycles. The van der Waals surface area contributed by atoms with Gasteiger partial charge in [0.1, 0.15) is 0 Å². The third-order valence-corrected chi connectivity index (χ3v) is 6.15. The molecule has 1 saturated heterocycles. The fourth-order valence-corrected chi connectivity index (χ4v) is 4.28. The molecule has 0 unspecified atom stereocenters. The molecule has 2 aromatic carbocycles. The first-order valence-electron chi connectivity index (χ1n) is 11.4. The molecular weight excluding hydrogens is 429 g/mol. The molecule has 1 aliphatic heterocycles. The van der Waals surface area contributed by atoms with Crippen molar-refractivity contribution in [1.82, 2.24) is 15.2 Å². The van der Waals surface area contributed by atoms with Gasteiger partial charge in [-0.15, -0.1) is 0 Å². The number of carbonyl (C=O) groups excluding carboxylic acids is 1. The first-order chi connectivity index (χ1) is 15.9. The van der Waals surface area contributed by atoms with Gasteiger partial charge in [0.15, 0.2) is 0 Å². The summed E-state index contributed by atoms with van der Waals surface area (Å²) in [4.78, 5) is 17.8. The van der Waals surface area contributed by atoms with Crippen molar-refractivity contribution in [1.29, 1.82) is 0 Å². The van der Waals surface area contributed by atoms with Crippen molar-refractivity contribution in [3.63, 3.8) is 0 Å². The quantitative estimate of drug-likeness (QED) is 0.403. The number of H-pyrrole nitrogens is 1. The Labute approximate surface area is 191 Å². The maximum Gasteiger partial charge on any atom is 0.416 e. The molecule has 8 heteroatoms. The summed E-state index contributed by atoms with van der Waals surface area (Å²) < 4.78 is 38.7. The summed E-state index contributed by atoms with van der Waals surface area (Å²) >= 11 is 0. The van der Waals surface area contributed by atoms with Gasteiger partial charge in [0, 0.05) is 54.0 Å². The maximum absolute atomic E-state index is 12.9. The van der Waals surface area contributed by atoms with Gasteiger partial charge in [-0.2, -0.15) is 13.2 Å². The summed E-state index contributed by atoms with van der Waals surface area (Å²) in [7, 11) is 0. The summed E-state index contributed by atoms with van der Waals surface area (Å²) in [6, 6.07) is 13.2. The number of amides is 1. The molecule has 176 valence electrons. The number of halogens is 3. The van der Waals surface area contributed by atoms with E-state index in [1.54, 1.807) is 6.07 Å². The average Bonchev–Trinajstić information content (AvgIpc) is 3.27. The van der Waals surface area contributed by atoms with E-state index >= 15 is 0 Å². The van der Waals surface area contributed by atoms with Crippen LogP contribution in [-0.2, 0) is 6.18 Å². The van der Waals surface area contributed by atoms with Crippen LogP contribution >= 0.6 is 0 Å². The Morgan fingerprint density at radius 2 is 1.88 bits per heavy atom. The molecule has 1 amide bonds. The Morgan fingerprint density at radius 1 is 1.06 bits per heavy atom. The molecule has 3 N–H and O–H groups in total. The lowest BCUT2D eigenvalue weighted by Crippen LogP contribution is -2.39. The van der Waals surface area contributed by atoms with E-state index in [9.17, 15) is 18.0 Å². The topological polar surface area (TPSA) is 60.2 Å². The Balaban J connectivity index is 1.12. The van der Waals surface area contributed by atoms with Crippen LogP contribution < -0.4 is 10.6 Å². The number of unbranched alkanes of at least 4 members (excludes halogenated alkanes) is 1. The highest BCUT2D eigenvalue weighted by atomic mass is 19.4. The number of benzene rings is 2. The number of nitrogens with one attached hydrogen (secondary N) is 3. The van der Waals surface area contributed by atoms with Gasteiger partial charge in [0.25, 0.3) is 5.91 Å². The van der Waals surface area contributed by atoms with E-state index in [1.807, 2.05) is 30.5 Å². The zero-order valence-corrected chi connectivity index (χ0v) is 18.4. The van der Waals surface area contributed by atoms with E-state index in [-0.39, 0.29) is 11.9 Å². The minimum absolute atomic E-state index is 0.0559. The van der Waals surface area contributed by atoms with Crippen molar-refractivity contribution < 1.29 is 18.0 Å². The number of fused-ring (bicyclic) bond motifs is 1. The molecule has 33 heavy (non-hydrogen) atoms. The Morgan fingerprint density at radius 3 is 2.67 bits per heavy atom. The standard InChI is InChI=1S/C25H29F3N4O/c26-25(27,28)20-4-3-5-22(17-20)31-21-9-14-32(15-10-21)13-2-1-11-30-24(33)19-6-7-23-18(16-19)8-12-29-23/h3-8,12,16-17,21,29,31H,1-2,9-11,13-15H2,(H,30,33). The second kappa shape index (κ2) is 10.3. The van der Waals surface area contributed by atoms with Crippen LogP contribution in [0.25, 0.3) is 10.9 Å². The third-order valence-electron chi connectivity index (χ3n) is 6.15. The third kappa shape index (κ3) is 6.28. The van der Waals surface area contributed by atoms with Gasteiger partial charge in [-0.25, -0.2) is 0 Å². The molecule has 0 spiro atoms. The van der Waals surface area contributed by atoms with Gasteiger partial charge < -0.3 is 20.5 Å². The van der Waals surface area contributed by atoms with Crippen molar-refractivity contribution in [3.8, 4) is 0 Å². The number of anilines is 1. The van der Waals surface area contributed by atoms with E-state index in [0.29, 0.717) is 17.8 Å². The molecule has 0 radical (unpaired) electrons. The average molecular weight is 459 g/mol. The van der Waals surface area contributed by atoms with Crippen LogP contribution in [0.15, 0.2) is 54.7 Å². The number of alkyl halides is 3. The first kappa shape index (κ1) is 23.2. The SMILES string of the molecule is O=C(NCCCCN1CCC(Nc2cccc(C(F)(F)F)c2)CC1)c1ccc2[nH]ccc2c1. The Bertz CT molecular complexity index is 1070. The van der Waals surface area contributed by atoms with Crippen LogP contribution in [-0.4, -0.2) is 48.0 Å². The lowest BCUT2D eigenvalue weighted by Gasteiger charge is -2.33. The van der Waals surface area contributed by atoms with Crippen molar-refractivity contribution in [3.05, 3.63) is 65.9 Å². The number of carbonyl (C=O) groups is 1. The van der Waals surface area contributed by atoms with Crippen LogP contribution in [0.3, 0.4) is 0 Å². The molecule has 1 aromatic heterocycles. The van der Waals surface area contributed by atoms with Crippen molar-refractivity contribution in [2.45, 2.75) is 37.9 Å². The Hall–Kier alpha value is -3.00. The van der Waals surface area contributed by atoms with Crippen LogP contribution in [0.2, 0.25) is 0 Å². The zero-order chi connectivity index (χ0) is 23.3. The minimum Gasteiger partial charge on any atom is -0.382 e. The van der Waals surface area contributed by atoms with E-state index in [2.05, 4.69) is 20.5 Å². The second-order valence-electron chi connectivity index (χ2n) is 8.58. The van der Waals surface area contributed by atoms with Gasteiger partial charge in [0.2, 0.25) is 0 Å². The highest BCUT2D eigenvalue weighted by molar-refractivity contribution is 5.98. The second-order valence-corrected chi connectivity index (χ2v) is 8.58. The largest absolute Gasteiger partial charge is 0.416 e. The van der Waals surface area contributed by atoms with Crippen LogP contribution in [0.5, 0.6) is 0 Å². The molecule has 0 atom stereocenters. The van der Waals surface area contributed by atoms with E-state index in [4.69, 9.17) is 0 Å². The van der Waals surface area contributed by atoms with Gasteiger partial charge in [0.05, 0.1) is 5.56 Å². The predicted molar refractivity (Wildman–Crippen MR) is 124 cm³/mol. The number of aromatic amines is 1. The number of aromatic nitrogens is 1. The first-order valence-corrected chi connectivity index (χ1v) is 11.4. The highest BCUT2D eigenvalue weighted by Crippen LogP contribution is 2.31. The number of nitrogens with zero attached hydrogens (tertiary/aromatic N) is 1. The van der Waals surface area contributed by atoms with E-state index in [1.165, 1.54) is 12.1 Å². The molecule has 3 aromatic rings. The summed E-state index contributed by atoms with van der Waals surface area (Å²) in [5.74, 6) is -0.0559. The van der Waals surface area contributed by atoms with Crippen LogP contribution in [0.4, 0.5) is 18.9 Å². The molecule has 1 fully saturated rings. The number of rotatable bonds is 8. The number of hydrogen-bond acceptors (Lipinski definition) is 3. The number of piperidine rings is 1. The highest BCUT2D eigenvalue weighted by Gasteiger charge is 2.30. The van der Waals surface area contributed by atoms with E-state index in [0.717, 1.165) is 62.3 Å². The van der Waals surface area contributed by atoms with Crippen molar-refractivity contribution >= 4 is 22.5 Å². The maximum atomic E-state index is 12.9. The summed E-state index contributed by atoms with van der Waals surface area (Å²) in [5.41, 5.74) is 1.58. The minimum atomic E-state index is -4.32. The van der Waals surface area contributed by atoms with E-state index < -0.39 is 11.7 Å². The van der Waals surface area contributed by atoms with Crippen molar-refractivity contribution in [2.24, 2.45) is 0 Å². The monoisotopic (exact) mass is 458 g/mol. The molecule has 0 bridgehead atoms. The fourth-order valence-electron chi connectivity index (χ4n) is 4.28. The lowest BCUT2D eigenvalue weighted by atomic mass is 10.0. The van der Waals surface area contributed by atoms with Crippen LogP contribution in [0, 0.1) is 0 Å². The predicted octanol–water partition coefficient (Wildman–Crippen LogP) is 5.27. The Kier molecular flexibility index (Phi) is 7.23. The smallest absolute Gasteiger partial charge is 0.382 e. The molecule has 5 nitrogen and oxygen atoms in total. The number of hydrogen-bond donors (Lipinski definition) is 3. The summed E-state index contributed by atoms with van der Waals surface area (Å²) in [5, 5.41) is 7.26. The molecule has 0 saturated carbocycles. The molecule has 1 aliphatic rings. The molecular formula is C25H29F3N4O. The summed E-state index contributed by atoms with van der Waals surface area (Å²) in [6.07, 6.45) is 1.22. The normalized spacial score (nSPS) is 15.6. The van der Waals surface area contributed by atoms with Crippen LogP contribution in [0.1, 0.15) is 41.6 Å². The van der Waals surface area contributed by atoms with Gasteiger partial charge in [-0.05, 0) is 74.7 Å². The zero-order valence-electron chi connectivity index (χ0n) is 18.4. The van der Waals surface area contributed by atoms with Gasteiger partial charge >= 0.3 is 6.18 Å². The fraction of sp³-hybridized carbons (Fsp3) is 0.400. The van der Waals surface area contributed by atoms with Gasteiger partial charge in [-0.1, -0.05) is 6.07 Å². The molecule has 4 rings (SSSR count). The lowest BCUT2D eigenvalue weighted by molar-refractivity contribution is -0.137.